The van der Waals surface area contributed by atoms with Crippen LogP contribution in [0.3, 0.4) is 0 Å². The van der Waals surface area contributed by atoms with Crippen LogP contribution in [-0.2, 0) is 10.2 Å². The lowest BCUT2D eigenvalue weighted by atomic mass is 9.68. The Kier molecular flexibility index (Phi) is 3.52. The minimum atomic E-state index is -1.58. The highest BCUT2D eigenvalue weighted by Crippen LogP contribution is 2.61. The van der Waals surface area contributed by atoms with Crippen LogP contribution >= 0.6 is 0 Å². The predicted octanol–water partition coefficient (Wildman–Crippen LogP) is 3.93. The van der Waals surface area contributed by atoms with Crippen LogP contribution in [0, 0.1) is 22.7 Å². The molecule has 6 rings (SSSR count). The number of fused-ring (bicyclic) bond motifs is 4. The van der Waals surface area contributed by atoms with Crippen molar-refractivity contribution in [2.45, 2.75) is 44.1 Å². The van der Waals surface area contributed by atoms with Crippen molar-refractivity contribution in [3.05, 3.63) is 76.4 Å². The minimum absolute atomic E-state index is 0.0950. The van der Waals surface area contributed by atoms with E-state index in [2.05, 4.69) is 24.4 Å². The van der Waals surface area contributed by atoms with Crippen LogP contribution in [0.1, 0.15) is 44.2 Å². The molecule has 0 radical (unpaired) electrons. The molecule has 3 N–H and O–H groups in total. The van der Waals surface area contributed by atoms with E-state index in [4.69, 9.17) is 5.73 Å². The van der Waals surface area contributed by atoms with Crippen molar-refractivity contribution in [1.82, 2.24) is 0 Å². The summed E-state index contributed by atoms with van der Waals surface area (Å²) < 4.78 is 0. The van der Waals surface area contributed by atoms with E-state index >= 15 is 0 Å². The van der Waals surface area contributed by atoms with Crippen molar-refractivity contribution in [2.75, 3.05) is 15.1 Å². The number of rotatable bonds is 0. The zero-order valence-corrected chi connectivity index (χ0v) is 18.6. The molecule has 2 aromatic carbocycles. The third-order valence-corrected chi connectivity index (χ3v) is 7.49. The number of amides is 1. The molecule has 4 heterocycles. The maximum Gasteiger partial charge on any atom is 0.249 e. The summed E-state index contributed by atoms with van der Waals surface area (Å²) in [5, 5.41) is 24.2. The van der Waals surface area contributed by atoms with Crippen LogP contribution in [0.15, 0.2) is 65.3 Å². The van der Waals surface area contributed by atoms with Crippen molar-refractivity contribution in [2.24, 2.45) is 5.73 Å². The van der Waals surface area contributed by atoms with Crippen LogP contribution in [0.25, 0.3) is 0 Å². The first kappa shape index (κ1) is 19.5. The van der Waals surface area contributed by atoms with Gasteiger partial charge in [-0.1, -0.05) is 37.3 Å². The van der Waals surface area contributed by atoms with Crippen molar-refractivity contribution < 1.29 is 4.79 Å². The third kappa shape index (κ3) is 2.01. The Morgan fingerprint density at radius 1 is 1.09 bits per heavy atom. The molecular weight excluding hydrogens is 412 g/mol. The number of anilines is 3. The fourth-order valence-corrected chi connectivity index (χ4v) is 6.29. The summed E-state index contributed by atoms with van der Waals surface area (Å²) in [6, 6.07) is 17.9. The number of nitrogens with one attached hydrogen (secondary N) is 1. The second-order valence-corrected chi connectivity index (χ2v) is 9.74. The number of hydrogen-bond donors (Lipinski definition) is 2. The Bertz CT molecular complexity index is 1440. The van der Waals surface area contributed by atoms with E-state index in [1.165, 1.54) is 0 Å². The number of benzene rings is 2. The average Bonchev–Trinajstić information content (AvgIpc) is 3.28. The molecule has 0 aromatic heterocycles. The molecule has 2 aromatic rings. The van der Waals surface area contributed by atoms with Gasteiger partial charge in [-0.3, -0.25) is 9.69 Å². The fraction of sp³-hybridized carbons (Fsp3) is 0.269. The molecule has 1 amide bonds. The number of hydrogen-bond acceptors (Lipinski definition) is 6. The maximum atomic E-state index is 14.5. The normalized spacial score (nSPS) is 26.0. The summed E-state index contributed by atoms with van der Waals surface area (Å²) in [4.78, 5) is 18.0. The van der Waals surface area contributed by atoms with Gasteiger partial charge in [0.1, 0.15) is 23.8 Å². The second kappa shape index (κ2) is 5.96. The standard InChI is InChI=1S/C26H22N6O/c1-14-11-25(2,3)32-21-15(14)7-6-8-16(21)26(24(32)33)17(12-27)22(29)31-20-10-5-4-9-19(20)30-23(31)18(26)13-28/h4-10,14,30H,11,29H2,1-3H3/t14-,26-/m0/s1. The molecule has 1 spiro atoms. The summed E-state index contributed by atoms with van der Waals surface area (Å²) in [6.07, 6.45) is 0.778. The van der Waals surface area contributed by atoms with Crippen LogP contribution in [0.2, 0.25) is 0 Å². The van der Waals surface area contributed by atoms with E-state index in [0.29, 0.717) is 11.4 Å². The van der Waals surface area contributed by atoms with Crippen LogP contribution in [0.5, 0.6) is 0 Å². The van der Waals surface area contributed by atoms with Gasteiger partial charge in [-0.15, -0.1) is 0 Å². The molecule has 0 saturated carbocycles. The molecule has 7 nitrogen and oxygen atoms in total. The summed E-state index contributed by atoms with van der Waals surface area (Å²) >= 11 is 0. The topological polar surface area (TPSA) is 109 Å². The number of para-hydroxylation sites is 3. The summed E-state index contributed by atoms with van der Waals surface area (Å²) in [5.74, 6) is 0.545. The van der Waals surface area contributed by atoms with Gasteiger partial charge < -0.3 is 16.0 Å². The summed E-state index contributed by atoms with van der Waals surface area (Å²) in [7, 11) is 0. The Morgan fingerprint density at radius 2 is 1.82 bits per heavy atom. The van der Waals surface area contributed by atoms with E-state index in [1.807, 2.05) is 56.3 Å². The molecule has 0 fully saturated rings. The predicted molar refractivity (Wildman–Crippen MR) is 125 cm³/mol. The minimum Gasteiger partial charge on any atom is -0.384 e. The molecule has 4 aliphatic rings. The van der Waals surface area contributed by atoms with Crippen molar-refractivity contribution in [1.29, 1.82) is 10.5 Å². The Morgan fingerprint density at radius 3 is 2.55 bits per heavy atom. The van der Waals surface area contributed by atoms with Gasteiger partial charge in [-0.25, -0.2) is 0 Å². The van der Waals surface area contributed by atoms with Gasteiger partial charge in [-0.05, 0) is 43.9 Å². The summed E-state index contributed by atoms with van der Waals surface area (Å²) in [6.45, 7) is 6.23. The Balaban J connectivity index is 1.75. The first-order chi connectivity index (χ1) is 15.8. The first-order valence-electron chi connectivity index (χ1n) is 11.0. The van der Waals surface area contributed by atoms with Gasteiger partial charge in [0.05, 0.1) is 28.2 Å². The zero-order valence-electron chi connectivity index (χ0n) is 18.6. The van der Waals surface area contributed by atoms with Crippen molar-refractivity contribution in [3.63, 3.8) is 0 Å². The highest BCUT2D eigenvalue weighted by atomic mass is 16.2. The van der Waals surface area contributed by atoms with Crippen molar-refractivity contribution in [3.8, 4) is 12.1 Å². The number of nitrogens with zero attached hydrogens (tertiary/aromatic N) is 4. The van der Waals surface area contributed by atoms with E-state index < -0.39 is 11.0 Å². The number of carbonyl (C=O) groups excluding carboxylic acids is 1. The first-order valence-corrected chi connectivity index (χ1v) is 11.0. The lowest BCUT2D eigenvalue weighted by Crippen LogP contribution is -2.55. The average molecular weight is 435 g/mol. The Labute approximate surface area is 192 Å². The molecule has 2 atom stereocenters. The lowest BCUT2D eigenvalue weighted by Gasteiger charge is -2.44. The molecular formula is C26H22N6O. The van der Waals surface area contributed by atoms with Gasteiger partial charge in [-0.2, -0.15) is 10.5 Å². The van der Waals surface area contributed by atoms with Gasteiger partial charge >= 0.3 is 0 Å². The van der Waals surface area contributed by atoms with Crippen LogP contribution in [-0.4, -0.2) is 11.4 Å². The molecule has 7 heteroatoms. The molecule has 0 bridgehead atoms. The smallest absolute Gasteiger partial charge is 0.249 e. The highest BCUT2D eigenvalue weighted by molar-refractivity contribution is 6.17. The van der Waals surface area contributed by atoms with Crippen LogP contribution in [0.4, 0.5) is 17.1 Å². The highest BCUT2D eigenvalue weighted by Gasteiger charge is 2.65. The molecule has 0 saturated heterocycles. The lowest BCUT2D eigenvalue weighted by molar-refractivity contribution is -0.122. The molecule has 162 valence electrons. The SMILES string of the molecule is C[C@H]1CC(C)(C)N2C(=O)[C@]3(C(C#N)=C(N)N4C(=C3C#N)Nc3ccccc34)c3cccc1c32. The largest absolute Gasteiger partial charge is 0.384 e. The van der Waals surface area contributed by atoms with Gasteiger partial charge in [0.2, 0.25) is 5.91 Å². The number of nitrogens with two attached hydrogens (primary N) is 1. The Hall–Kier alpha value is -4.23. The summed E-state index contributed by atoms with van der Waals surface area (Å²) in [5.41, 5.74) is 8.91. The monoisotopic (exact) mass is 434 g/mol. The van der Waals surface area contributed by atoms with E-state index in [9.17, 15) is 15.3 Å². The number of nitriles is 2. The third-order valence-electron chi connectivity index (χ3n) is 7.49. The molecule has 33 heavy (non-hydrogen) atoms. The van der Waals surface area contributed by atoms with Crippen molar-refractivity contribution >= 4 is 23.0 Å². The van der Waals surface area contributed by atoms with E-state index in [1.54, 1.807) is 9.80 Å². The fourth-order valence-electron chi connectivity index (χ4n) is 6.29. The van der Waals surface area contributed by atoms with E-state index in [-0.39, 0.29) is 28.8 Å². The van der Waals surface area contributed by atoms with Gasteiger partial charge in [0, 0.05) is 11.1 Å². The number of carbonyl (C=O) groups is 1. The molecule has 4 aliphatic heterocycles. The quantitative estimate of drug-likeness (QED) is 0.650. The van der Waals surface area contributed by atoms with E-state index in [0.717, 1.165) is 29.0 Å². The zero-order chi connectivity index (χ0) is 23.3. The van der Waals surface area contributed by atoms with Crippen LogP contribution < -0.4 is 20.9 Å². The second-order valence-electron chi connectivity index (χ2n) is 9.74. The molecule has 0 unspecified atom stereocenters. The van der Waals surface area contributed by atoms with Gasteiger partial charge in [0.25, 0.3) is 0 Å². The molecule has 0 aliphatic carbocycles. The maximum absolute atomic E-state index is 14.5. The van der Waals surface area contributed by atoms with Gasteiger partial charge in [0.15, 0.2) is 5.41 Å².